The van der Waals surface area contributed by atoms with E-state index in [2.05, 4.69) is 15.2 Å². The Kier molecular flexibility index (Phi) is 5.62. The van der Waals surface area contributed by atoms with Crippen molar-refractivity contribution in [3.05, 3.63) is 52.9 Å². The lowest BCUT2D eigenvalue weighted by molar-refractivity contribution is 0.0657. The summed E-state index contributed by atoms with van der Waals surface area (Å²) in [6.07, 6.45) is 2.71. The second-order valence-electron chi connectivity index (χ2n) is 7.74. The Balaban J connectivity index is 1.53. The lowest BCUT2D eigenvalue weighted by Crippen LogP contribution is -2.47. The minimum Gasteiger partial charge on any atom is -0.345 e. The van der Waals surface area contributed by atoms with Gasteiger partial charge in [0.05, 0.1) is 5.69 Å². The topological polar surface area (TPSA) is 70.5 Å². The Labute approximate surface area is 169 Å². The number of carbonyl (C=O) groups is 2. The van der Waals surface area contributed by atoms with Crippen molar-refractivity contribution in [2.75, 3.05) is 33.2 Å². The van der Waals surface area contributed by atoms with Crippen LogP contribution in [-0.2, 0) is 19.5 Å². The Morgan fingerprint density at radius 1 is 1.07 bits per heavy atom. The number of piperazine rings is 1. The summed E-state index contributed by atoms with van der Waals surface area (Å²) in [5, 5.41) is 2.85. The lowest BCUT2D eigenvalue weighted by atomic mass is 10.1. The Hall–Kier alpha value is -2.74. The minimum absolute atomic E-state index is 0.0821. The Morgan fingerprint density at radius 2 is 1.79 bits per heavy atom. The summed E-state index contributed by atoms with van der Waals surface area (Å²) in [7, 11) is 2.05. The van der Waals surface area contributed by atoms with Gasteiger partial charge in [-0.1, -0.05) is 12.1 Å². The van der Waals surface area contributed by atoms with Crippen LogP contribution in [-0.4, -0.2) is 64.4 Å². The number of fused-ring (bicyclic) bond motifs is 1. The molecule has 8 heteroatoms. The van der Waals surface area contributed by atoms with Gasteiger partial charge < -0.3 is 19.7 Å². The third-order valence-corrected chi connectivity index (χ3v) is 5.68. The van der Waals surface area contributed by atoms with Gasteiger partial charge in [-0.05, 0) is 44.0 Å². The largest absolute Gasteiger partial charge is 0.345 e. The predicted octanol–water partition coefficient (Wildman–Crippen LogP) is 1.68. The average Bonchev–Trinajstić information content (AvgIpc) is 3.13. The van der Waals surface area contributed by atoms with E-state index in [1.165, 1.54) is 12.1 Å². The van der Waals surface area contributed by atoms with Crippen molar-refractivity contribution in [1.82, 2.24) is 24.7 Å². The van der Waals surface area contributed by atoms with Gasteiger partial charge in [-0.15, -0.1) is 0 Å². The van der Waals surface area contributed by atoms with Crippen molar-refractivity contribution < 1.29 is 14.0 Å². The lowest BCUT2D eigenvalue weighted by Gasteiger charge is -2.32. The molecule has 0 unspecified atom stereocenters. The number of benzene rings is 1. The van der Waals surface area contributed by atoms with Gasteiger partial charge in [0.15, 0.2) is 5.82 Å². The number of halogens is 1. The van der Waals surface area contributed by atoms with Crippen molar-refractivity contribution in [2.45, 2.75) is 32.4 Å². The van der Waals surface area contributed by atoms with Gasteiger partial charge in [-0.2, -0.15) is 0 Å². The molecule has 7 nitrogen and oxygen atoms in total. The summed E-state index contributed by atoms with van der Waals surface area (Å²) < 4.78 is 14.9. The molecule has 0 aliphatic carbocycles. The van der Waals surface area contributed by atoms with Crippen molar-refractivity contribution in [1.29, 1.82) is 0 Å². The van der Waals surface area contributed by atoms with Gasteiger partial charge in [0, 0.05) is 39.3 Å². The van der Waals surface area contributed by atoms with E-state index in [4.69, 9.17) is 0 Å². The van der Waals surface area contributed by atoms with Crippen molar-refractivity contribution in [2.24, 2.45) is 0 Å². The van der Waals surface area contributed by atoms with Crippen molar-refractivity contribution in [3.8, 4) is 0 Å². The van der Waals surface area contributed by atoms with Crippen LogP contribution < -0.4 is 5.32 Å². The highest BCUT2D eigenvalue weighted by Crippen LogP contribution is 2.23. The molecule has 0 bridgehead atoms. The first kappa shape index (κ1) is 19.6. The summed E-state index contributed by atoms with van der Waals surface area (Å²) in [5.74, 6) is -0.412. The minimum atomic E-state index is -0.311. The van der Waals surface area contributed by atoms with E-state index in [9.17, 15) is 14.0 Å². The highest BCUT2D eigenvalue weighted by atomic mass is 19.1. The van der Waals surface area contributed by atoms with Crippen molar-refractivity contribution >= 4 is 11.8 Å². The normalized spacial score (nSPS) is 17.1. The van der Waals surface area contributed by atoms with Crippen molar-refractivity contribution in [3.63, 3.8) is 0 Å². The average molecular weight is 399 g/mol. The summed E-state index contributed by atoms with van der Waals surface area (Å²) in [6.45, 7) is 4.00. The summed E-state index contributed by atoms with van der Waals surface area (Å²) >= 11 is 0. The summed E-state index contributed by atoms with van der Waals surface area (Å²) in [6, 6.07) is 6.01. The summed E-state index contributed by atoms with van der Waals surface area (Å²) in [4.78, 5) is 34.4. The number of amides is 2. The Morgan fingerprint density at radius 3 is 2.52 bits per heavy atom. The zero-order valence-corrected chi connectivity index (χ0v) is 16.7. The van der Waals surface area contributed by atoms with Gasteiger partial charge in [0.1, 0.15) is 11.5 Å². The molecule has 1 fully saturated rings. The quantitative estimate of drug-likeness (QED) is 0.849. The maximum atomic E-state index is 13.1. The number of imidazole rings is 1. The van der Waals surface area contributed by atoms with Crippen LogP contribution in [0, 0.1) is 5.82 Å². The second kappa shape index (κ2) is 8.32. The van der Waals surface area contributed by atoms with Gasteiger partial charge in [0.25, 0.3) is 11.8 Å². The second-order valence-corrected chi connectivity index (χ2v) is 7.74. The van der Waals surface area contributed by atoms with E-state index in [1.54, 1.807) is 12.1 Å². The van der Waals surface area contributed by atoms with Gasteiger partial charge in [-0.3, -0.25) is 9.59 Å². The van der Waals surface area contributed by atoms with E-state index in [0.29, 0.717) is 31.2 Å². The molecule has 1 aromatic heterocycles. The molecule has 2 aliphatic heterocycles. The molecular weight excluding hydrogens is 373 g/mol. The first-order valence-electron chi connectivity index (χ1n) is 10.1. The van der Waals surface area contributed by atoms with Crippen LogP contribution in [0.5, 0.6) is 0 Å². The van der Waals surface area contributed by atoms with E-state index in [0.717, 1.165) is 43.6 Å². The highest BCUT2D eigenvalue weighted by Gasteiger charge is 2.30. The zero-order valence-electron chi connectivity index (χ0n) is 16.7. The van der Waals surface area contributed by atoms with Gasteiger partial charge in [0.2, 0.25) is 0 Å². The van der Waals surface area contributed by atoms with Crippen LogP contribution in [0.25, 0.3) is 0 Å². The standard InChI is InChI=1S/C21H26FN5O2/c1-25-10-12-26(13-11-25)21(29)18-17-4-2-3-9-27(17)19(24-18)20(28)23-14-15-5-7-16(22)8-6-15/h5-8H,2-4,9-14H2,1H3,(H,23,28). The molecular formula is C21H26FN5O2. The zero-order chi connectivity index (χ0) is 20.4. The third kappa shape index (κ3) is 4.17. The number of hydrogen-bond donors (Lipinski definition) is 1. The fourth-order valence-electron chi connectivity index (χ4n) is 3.91. The van der Waals surface area contributed by atoms with E-state index >= 15 is 0 Å². The number of hydrogen-bond acceptors (Lipinski definition) is 4. The number of likely N-dealkylation sites (N-methyl/N-ethyl adjacent to an activating group) is 1. The van der Waals surface area contributed by atoms with Crippen LogP contribution in [0.1, 0.15) is 45.2 Å². The molecule has 1 aromatic carbocycles. The number of nitrogens with one attached hydrogen (secondary N) is 1. The first-order chi connectivity index (χ1) is 14.0. The molecule has 0 radical (unpaired) electrons. The van der Waals surface area contributed by atoms with Gasteiger partial charge in [-0.25, -0.2) is 9.37 Å². The number of aromatic nitrogens is 2. The molecule has 0 atom stereocenters. The Bertz CT molecular complexity index is 901. The molecule has 2 aliphatic rings. The molecule has 0 spiro atoms. The summed E-state index contributed by atoms with van der Waals surface area (Å²) in [5.41, 5.74) is 2.09. The number of carbonyl (C=O) groups excluding carboxylic acids is 2. The molecule has 4 rings (SSSR count). The van der Waals surface area contributed by atoms with E-state index in [-0.39, 0.29) is 24.2 Å². The van der Waals surface area contributed by atoms with Crippen LogP contribution in [0.4, 0.5) is 4.39 Å². The van der Waals surface area contributed by atoms with Crippen LogP contribution in [0.2, 0.25) is 0 Å². The van der Waals surface area contributed by atoms with E-state index < -0.39 is 0 Å². The molecule has 1 saturated heterocycles. The van der Waals surface area contributed by atoms with Crippen LogP contribution >= 0.6 is 0 Å². The first-order valence-corrected chi connectivity index (χ1v) is 10.1. The van der Waals surface area contributed by atoms with Crippen LogP contribution in [0.3, 0.4) is 0 Å². The molecule has 2 aromatic rings. The predicted molar refractivity (Wildman–Crippen MR) is 106 cm³/mol. The van der Waals surface area contributed by atoms with E-state index in [1.807, 2.05) is 16.5 Å². The fourth-order valence-corrected chi connectivity index (χ4v) is 3.91. The fraction of sp³-hybridized carbons (Fsp3) is 0.476. The SMILES string of the molecule is CN1CCN(C(=O)c2nc(C(=O)NCc3ccc(F)cc3)n3c2CCCC3)CC1. The van der Waals surface area contributed by atoms with Crippen LogP contribution in [0.15, 0.2) is 24.3 Å². The monoisotopic (exact) mass is 399 g/mol. The number of rotatable bonds is 4. The smallest absolute Gasteiger partial charge is 0.287 e. The maximum Gasteiger partial charge on any atom is 0.287 e. The maximum absolute atomic E-state index is 13.1. The molecule has 2 amide bonds. The molecule has 154 valence electrons. The molecule has 29 heavy (non-hydrogen) atoms. The van der Waals surface area contributed by atoms with Gasteiger partial charge >= 0.3 is 0 Å². The third-order valence-electron chi connectivity index (χ3n) is 5.68. The highest BCUT2D eigenvalue weighted by molar-refractivity contribution is 5.97. The molecule has 3 heterocycles. The molecule has 0 saturated carbocycles. The number of nitrogens with zero attached hydrogens (tertiary/aromatic N) is 4. The molecule has 1 N–H and O–H groups in total.